The number of carbonyl (C=O) groups excluding carboxylic acids is 4. The van der Waals surface area contributed by atoms with Crippen LogP contribution >= 0.6 is 0 Å². The average Bonchev–Trinajstić information content (AvgIpc) is 3.42. The number of amides is 4. The van der Waals surface area contributed by atoms with Gasteiger partial charge >= 0.3 is 0 Å². The molecule has 12 heteroatoms. The number of anilines is 1. The van der Waals surface area contributed by atoms with Crippen LogP contribution in [-0.4, -0.2) is 70.4 Å². The normalized spacial score (nSPS) is 18.5. The molecule has 1 aliphatic heterocycles. The summed E-state index contributed by atoms with van der Waals surface area (Å²) in [5, 5.41) is 12.7. The molecule has 2 aromatic heterocycles. The molecule has 204 valence electrons. The van der Waals surface area contributed by atoms with E-state index in [1.165, 1.54) is 16.8 Å². The van der Waals surface area contributed by atoms with Crippen LogP contribution in [0.1, 0.15) is 52.2 Å². The van der Waals surface area contributed by atoms with Crippen LogP contribution in [0.5, 0.6) is 5.75 Å². The molecule has 0 saturated heterocycles. The predicted molar refractivity (Wildman–Crippen MR) is 141 cm³/mol. The highest BCUT2D eigenvalue weighted by atomic mass is 16.5. The smallest absolute Gasteiger partial charge is 0.270 e. The van der Waals surface area contributed by atoms with E-state index in [0.29, 0.717) is 23.6 Å². The minimum absolute atomic E-state index is 0.0271. The van der Waals surface area contributed by atoms with Crippen molar-refractivity contribution >= 4 is 35.0 Å². The van der Waals surface area contributed by atoms with Gasteiger partial charge in [0.1, 0.15) is 17.1 Å². The number of fused-ring (bicyclic) bond motifs is 2. The third-order valence-electron chi connectivity index (χ3n) is 7.14. The number of hydrogen-bond donors (Lipinski definition) is 3. The molecule has 1 saturated carbocycles. The van der Waals surface area contributed by atoms with Gasteiger partial charge in [-0.05, 0) is 49.3 Å². The molecule has 39 heavy (non-hydrogen) atoms. The van der Waals surface area contributed by atoms with E-state index < -0.39 is 5.91 Å². The molecule has 3 N–H and O–H groups in total. The first kappa shape index (κ1) is 26.1. The van der Waals surface area contributed by atoms with Crippen molar-refractivity contribution in [1.29, 1.82) is 0 Å². The van der Waals surface area contributed by atoms with Gasteiger partial charge in [-0.15, -0.1) is 0 Å². The van der Waals surface area contributed by atoms with Gasteiger partial charge in [0.25, 0.3) is 17.7 Å². The van der Waals surface area contributed by atoms with E-state index in [9.17, 15) is 19.2 Å². The van der Waals surface area contributed by atoms with Crippen LogP contribution in [0.3, 0.4) is 0 Å². The van der Waals surface area contributed by atoms with Gasteiger partial charge in [0.15, 0.2) is 12.3 Å². The Morgan fingerprint density at radius 2 is 1.87 bits per heavy atom. The molecule has 0 spiro atoms. The summed E-state index contributed by atoms with van der Waals surface area (Å²) >= 11 is 0. The molecule has 0 atom stereocenters. The van der Waals surface area contributed by atoms with Crippen LogP contribution in [0.4, 0.5) is 5.69 Å². The van der Waals surface area contributed by atoms with E-state index >= 15 is 0 Å². The zero-order valence-electron chi connectivity index (χ0n) is 21.9. The van der Waals surface area contributed by atoms with Gasteiger partial charge in [0.05, 0.1) is 11.9 Å². The van der Waals surface area contributed by atoms with E-state index in [4.69, 9.17) is 4.74 Å². The van der Waals surface area contributed by atoms with Gasteiger partial charge in [-0.2, -0.15) is 5.10 Å². The highest BCUT2D eigenvalue weighted by Gasteiger charge is 2.28. The molecular formula is C27H31N7O5. The maximum absolute atomic E-state index is 13.1. The minimum Gasteiger partial charge on any atom is -0.482 e. The Kier molecular flexibility index (Phi) is 7.44. The number of carbonyl (C=O) groups is 4. The Morgan fingerprint density at radius 1 is 1.08 bits per heavy atom. The first-order chi connectivity index (χ1) is 18.8. The number of aromatic nitrogens is 3. The van der Waals surface area contributed by atoms with Crippen LogP contribution in [0, 0.1) is 11.8 Å². The second-order valence-electron chi connectivity index (χ2n) is 10.1. The summed E-state index contributed by atoms with van der Waals surface area (Å²) in [5.41, 5.74) is 1.99. The molecule has 3 aromatic rings. The number of nitrogens with zero attached hydrogens (tertiary/aromatic N) is 4. The van der Waals surface area contributed by atoms with Crippen molar-refractivity contribution < 1.29 is 23.9 Å². The third kappa shape index (κ3) is 5.84. The van der Waals surface area contributed by atoms with Crippen molar-refractivity contribution in [3.8, 4) is 5.75 Å². The van der Waals surface area contributed by atoms with Gasteiger partial charge < -0.3 is 25.6 Å². The van der Waals surface area contributed by atoms with Gasteiger partial charge in [0.2, 0.25) is 5.91 Å². The van der Waals surface area contributed by atoms with Crippen LogP contribution in [0.25, 0.3) is 5.65 Å². The molecule has 4 amide bonds. The Bertz CT molecular complexity index is 1430. The molecule has 0 radical (unpaired) electrons. The molecular weight excluding hydrogens is 502 g/mol. The second-order valence-corrected chi connectivity index (χ2v) is 10.1. The van der Waals surface area contributed by atoms with E-state index in [2.05, 4.69) is 26.0 Å². The lowest BCUT2D eigenvalue weighted by Gasteiger charge is -2.29. The van der Waals surface area contributed by atoms with Crippen LogP contribution in [0.2, 0.25) is 0 Å². The average molecular weight is 534 g/mol. The van der Waals surface area contributed by atoms with Crippen LogP contribution in [0.15, 0.2) is 36.5 Å². The lowest BCUT2D eigenvalue weighted by atomic mass is 9.81. The maximum atomic E-state index is 13.1. The highest BCUT2D eigenvalue weighted by molar-refractivity contribution is 5.98. The molecule has 5 rings (SSSR count). The standard InChI is InChI=1S/C27H31N7O5/c1-33(2)27(38)18-6-3-16(4-7-18)13-29-26(37)21-12-20(31-23-9-10-30-34(21)23)25(36)28-14-17-5-8-22-19(11-17)32-24(35)15-39-22/h5,8-12,16,18H,3-4,6-7,13-15H2,1-2H3,(H,28,36)(H,29,37)(H,32,35). The van der Waals surface area contributed by atoms with Gasteiger partial charge in [-0.25, -0.2) is 9.50 Å². The fourth-order valence-corrected chi connectivity index (χ4v) is 5.01. The van der Waals surface area contributed by atoms with E-state index in [1.807, 2.05) is 0 Å². The summed E-state index contributed by atoms with van der Waals surface area (Å²) in [6.07, 6.45) is 4.87. The molecule has 1 fully saturated rings. The number of hydrogen-bond acceptors (Lipinski definition) is 7. The van der Waals surface area contributed by atoms with E-state index in [-0.39, 0.29) is 54.1 Å². The number of ether oxygens (including phenoxy) is 1. The summed E-state index contributed by atoms with van der Waals surface area (Å²) in [4.78, 5) is 55.9. The molecule has 12 nitrogen and oxygen atoms in total. The predicted octanol–water partition coefficient (Wildman–Crippen LogP) is 1.61. The molecule has 0 bridgehead atoms. The van der Waals surface area contributed by atoms with Crippen molar-refractivity contribution in [1.82, 2.24) is 30.1 Å². The Morgan fingerprint density at radius 3 is 2.64 bits per heavy atom. The number of rotatable bonds is 7. The van der Waals surface area contributed by atoms with E-state index in [0.717, 1.165) is 31.2 Å². The molecule has 3 heterocycles. The molecule has 1 aliphatic carbocycles. The van der Waals surface area contributed by atoms with Crippen molar-refractivity contribution in [2.75, 3.05) is 32.6 Å². The summed E-state index contributed by atoms with van der Waals surface area (Å²) < 4.78 is 6.77. The third-order valence-corrected chi connectivity index (χ3v) is 7.14. The lowest BCUT2D eigenvalue weighted by molar-refractivity contribution is -0.134. The fourth-order valence-electron chi connectivity index (χ4n) is 5.01. The zero-order valence-corrected chi connectivity index (χ0v) is 21.9. The SMILES string of the molecule is CN(C)C(=O)C1CCC(CNC(=O)c2cc(C(=O)NCc3ccc4c(c3)NC(=O)CO4)nc3ccnn23)CC1. The highest BCUT2D eigenvalue weighted by Crippen LogP contribution is 2.30. The summed E-state index contributed by atoms with van der Waals surface area (Å²) in [6.45, 7) is 0.641. The molecule has 1 aromatic carbocycles. The van der Waals surface area contributed by atoms with Crippen molar-refractivity contribution in [2.45, 2.75) is 32.2 Å². The zero-order chi connectivity index (χ0) is 27.5. The first-order valence-electron chi connectivity index (χ1n) is 13.0. The number of nitrogens with one attached hydrogen (secondary N) is 3. The Balaban J connectivity index is 1.22. The summed E-state index contributed by atoms with van der Waals surface area (Å²) in [7, 11) is 3.55. The topological polar surface area (TPSA) is 147 Å². The Hall–Kier alpha value is -4.48. The van der Waals surface area contributed by atoms with Crippen molar-refractivity contribution in [2.24, 2.45) is 11.8 Å². The molecule has 0 unspecified atom stereocenters. The van der Waals surface area contributed by atoms with Gasteiger partial charge in [-0.3, -0.25) is 19.2 Å². The Labute approximate surface area is 225 Å². The van der Waals surface area contributed by atoms with Crippen molar-refractivity contribution in [3.63, 3.8) is 0 Å². The monoisotopic (exact) mass is 533 g/mol. The largest absolute Gasteiger partial charge is 0.482 e. The second kappa shape index (κ2) is 11.1. The quantitative estimate of drug-likeness (QED) is 0.418. The van der Waals surface area contributed by atoms with Crippen LogP contribution in [-0.2, 0) is 16.1 Å². The lowest BCUT2D eigenvalue weighted by Crippen LogP contribution is -2.36. The fraction of sp³-hybridized carbons (Fsp3) is 0.407. The van der Waals surface area contributed by atoms with E-state index in [1.54, 1.807) is 43.3 Å². The van der Waals surface area contributed by atoms with Crippen LogP contribution < -0.4 is 20.7 Å². The summed E-state index contributed by atoms with van der Waals surface area (Å²) in [5.74, 6) is 0.0263. The maximum Gasteiger partial charge on any atom is 0.270 e. The van der Waals surface area contributed by atoms with Gasteiger partial charge in [0, 0.05) is 45.2 Å². The summed E-state index contributed by atoms with van der Waals surface area (Å²) in [6, 6.07) is 8.33. The first-order valence-corrected chi connectivity index (χ1v) is 13.0. The number of benzene rings is 1. The van der Waals surface area contributed by atoms with Gasteiger partial charge in [-0.1, -0.05) is 6.07 Å². The minimum atomic E-state index is -0.449. The molecule has 2 aliphatic rings. The van der Waals surface area contributed by atoms with Crippen molar-refractivity contribution in [3.05, 3.63) is 53.5 Å².